The van der Waals surface area contributed by atoms with Gasteiger partial charge < -0.3 is 5.11 Å². The molecule has 0 aliphatic carbocycles. The first-order valence-electron chi connectivity index (χ1n) is 5.37. The van der Waals surface area contributed by atoms with Gasteiger partial charge in [-0.3, -0.25) is 0 Å². The van der Waals surface area contributed by atoms with E-state index in [2.05, 4.69) is 9.97 Å². The highest BCUT2D eigenvalue weighted by molar-refractivity contribution is 6.29. The summed E-state index contributed by atoms with van der Waals surface area (Å²) >= 11 is 5.85. The number of aromatic carboxylic acids is 1. The van der Waals surface area contributed by atoms with Gasteiger partial charge in [0.05, 0.1) is 5.56 Å². The number of carbonyl (C=O) groups is 1. The molecule has 0 radical (unpaired) electrons. The van der Waals surface area contributed by atoms with Crippen LogP contribution in [0.3, 0.4) is 0 Å². The van der Waals surface area contributed by atoms with Gasteiger partial charge in [0.2, 0.25) is 0 Å². The number of carboxylic acids is 1. The molecular weight excluding hydrogens is 252 g/mol. The van der Waals surface area contributed by atoms with Gasteiger partial charge in [0.25, 0.3) is 0 Å². The quantitative estimate of drug-likeness (QED) is 0.864. The van der Waals surface area contributed by atoms with Crippen LogP contribution in [0.2, 0.25) is 5.15 Å². The molecule has 0 atom stereocenters. The van der Waals surface area contributed by atoms with Gasteiger partial charge in [-0.2, -0.15) is 0 Å². The second kappa shape index (κ2) is 5.14. The fourth-order valence-electron chi connectivity index (χ4n) is 1.65. The fraction of sp³-hybridized carbons (Fsp3) is 0.154. The molecule has 0 saturated heterocycles. The Bertz CT molecular complexity index is 562. The molecule has 2 rings (SSSR count). The molecule has 0 bridgehead atoms. The summed E-state index contributed by atoms with van der Waals surface area (Å²) < 4.78 is 0. The van der Waals surface area contributed by atoms with Crippen molar-refractivity contribution in [1.29, 1.82) is 0 Å². The zero-order chi connectivity index (χ0) is 13.1. The third kappa shape index (κ3) is 3.05. The largest absolute Gasteiger partial charge is 0.478 e. The molecule has 18 heavy (non-hydrogen) atoms. The molecule has 0 aliphatic rings. The van der Waals surface area contributed by atoms with Gasteiger partial charge in [0, 0.05) is 12.1 Å². The number of aromatic nitrogens is 2. The smallest absolute Gasteiger partial charge is 0.335 e. The molecule has 0 aliphatic heterocycles. The maximum absolute atomic E-state index is 10.7. The third-order valence-electron chi connectivity index (χ3n) is 2.45. The summed E-state index contributed by atoms with van der Waals surface area (Å²) in [6.07, 6.45) is 0.600. The molecule has 1 heterocycles. The standard InChI is InChI=1S/C13H11ClN2O2/c1-8-15-11(7-12(14)16-8)6-9-2-4-10(5-3-9)13(17)18/h2-5,7H,6H2,1H3,(H,17,18). The van der Waals surface area contributed by atoms with Crippen LogP contribution in [-0.4, -0.2) is 21.0 Å². The van der Waals surface area contributed by atoms with Crippen LogP contribution in [0.15, 0.2) is 30.3 Å². The van der Waals surface area contributed by atoms with Crippen LogP contribution in [-0.2, 0) is 6.42 Å². The van der Waals surface area contributed by atoms with E-state index in [1.54, 1.807) is 37.3 Å². The normalized spacial score (nSPS) is 10.3. The molecule has 92 valence electrons. The average Bonchev–Trinajstić information content (AvgIpc) is 2.28. The highest BCUT2D eigenvalue weighted by Gasteiger charge is 2.04. The van der Waals surface area contributed by atoms with Crippen molar-refractivity contribution in [3.63, 3.8) is 0 Å². The van der Waals surface area contributed by atoms with Crippen LogP contribution in [0.1, 0.15) is 27.4 Å². The second-order valence-electron chi connectivity index (χ2n) is 3.91. The van der Waals surface area contributed by atoms with Crippen molar-refractivity contribution in [2.75, 3.05) is 0 Å². The number of nitrogens with zero attached hydrogens (tertiary/aromatic N) is 2. The van der Waals surface area contributed by atoms with Crippen molar-refractivity contribution in [3.8, 4) is 0 Å². The summed E-state index contributed by atoms with van der Waals surface area (Å²) in [6.45, 7) is 1.78. The minimum absolute atomic E-state index is 0.274. The first-order valence-corrected chi connectivity index (χ1v) is 5.74. The molecule has 1 aromatic heterocycles. The number of hydrogen-bond donors (Lipinski definition) is 1. The lowest BCUT2D eigenvalue weighted by molar-refractivity contribution is 0.0697. The van der Waals surface area contributed by atoms with Gasteiger partial charge in [-0.1, -0.05) is 23.7 Å². The van der Waals surface area contributed by atoms with Gasteiger partial charge in [-0.25, -0.2) is 14.8 Å². The zero-order valence-electron chi connectivity index (χ0n) is 9.72. The molecule has 0 amide bonds. The summed E-state index contributed by atoms with van der Waals surface area (Å²) in [5.74, 6) is -0.304. The maximum Gasteiger partial charge on any atom is 0.335 e. The summed E-state index contributed by atoms with van der Waals surface area (Å²) in [5, 5.41) is 9.22. The summed E-state index contributed by atoms with van der Waals surface area (Å²) in [7, 11) is 0. The Labute approximate surface area is 109 Å². The molecule has 0 saturated carbocycles. The van der Waals surface area contributed by atoms with E-state index in [9.17, 15) is 4.79 Å². The third-order valence-corrected chi connectivity index (χ3v) is 2.64. The minimum Gasteiger partial charge on any atom is -0.478 e. The van der Waals surface area contributed by atoms with Crippen LogP contribution in [0.25, 0.3) is 0 Å². The predicted octanol–water partition coefficient (Wildman–Crippen LogP) is 2.73. The maximum atomic E-state index is 10.7. The van der Waals surface area contributed by atoms with Gasteiger partial charge in [-0.05, 0) is 30.7 Å². The van der Waals surface area contributed by atoms with E-state index < -0.39 is 5.97 Å². The lowest BCUT2D eigenvalue weighted by atomic mass is 10.1. The van der Waals surface area contributed by atoms with E-state index in [0.717, 1.165) is 11.3 Å². The number of halogens is 1. The van der Waals surface area contributed by atoms with Crippen LogP contribution in [0.4, 0.5) is 0 Å². The Morgan fingerprint density at radius 3 is 2.50 bits per heavy atom. The summed E-state index contributed by atoms with van der Waals surface area (Å²) in [5.41, 5.74) is 2.07. The van der Waals surface area contributed by atoms with Crippen molar-refractivity contribution < 1.29 is 9.90 Å². The van der Waals surface area contributed by atoms with Gasteiger partial charge >= 0.3 is 5.97 Å². The number of carboxylic acid groups (broad SMARTS) is 1. The van der Waals surface area contributed by atoms with Crippen LogP contribution in [0.5, 0.6) is 0 Å². The van der Waals surface area contributed by atoms with E-state index in [4.69, 9.17) is 16.7 Å². The number of rotatable bonds is 3. The first-order chi connectivity index (χ1) is 8.54. The molecular formula is C13H11ClN2O2. The topological polar surface area (TPSA) is 63.1 Å². The van der Waals surface area contributed by atoms with E-state index in [-0.39, 0.29) is 5.56 Å². The molecule has 0 unspecified atom stereocenters. The van der Waals surface area contributed by atoms with Gasteiger partial charge in [0.15, 0.2) is 0 Å². The highest BCUT2D eigenvalue weighted by Crippen LogP contribution is 2.12. The summed E-state index contributed by atoms with van der Waals surface area (Å²) in [6, 6.07) is 8.41. The zero-order valence-corrected chi connectivity index (χ0v) is 10.5. The molecule has 4 nitrogen and oxygen atoms in total. The van der Waals surface area contributed by atoms with Crippen molar-refractivity contribution in [2.24, 2.45) is 0 Å². The van der Waals surface area contributed by atoms with Crippen LogP contribution < -0.4 is 0 Å². The van der Waals surface area contributed by atoms with E-state index >= 15 is 0 Å². The Kier molecular flexibility index (Phi) is 3.58. The molecule has 0 fully saturated rings. The Morgan fingerprint density at radius 1 is 1.28 bits per heavy atom. The van der Waals surface area contributed by atoms with Crippen molar-refractivity contribution in [2.45, 2.75) is 13.3 Å². The highest BCUT2D eigenvalue weighted by atomic mass is 35.5. The minimum atomic E-state index is -0.928. The Balaban J connectivity index is 2.20. The monoisotopic (exact) mass is 262 g/mol. The molecule has 0 spiro atoms. The number of aryl methyl sites for hydroxylation is 1. The average molecular weight is 263 g/mol. The van der Waals surface area contributed by atoms with Crippen LogP contribution in [0, 0.1) is 6.92 Å². The van der Waals surface area contributed by atoms with Crippen molar-refractivity contribution in [1.82, 2.24) is 9.97 Å². The predicted molar refractivity (Wildman–Crippen MR) is 68.0 cm³/mol. The molecule has 2 aromatic rings. The number of benzene rings is 1. The lowest BCUT2D eigenvalue weighted by Gasteiger charge is -2.03. The second-order valence-corrected chi connectivity index (χ2v) is 4.30. The number of hydrogen-bond acceptors (Lipinski definition) is 3. The Hall–Kier alpha value is -1.94. The van der Waals surface area contributed by atoms with E-state index in [1.165, 1.54) is 0 Å². The van der Waals surface area contributed by atoms with Crippen molar-refractivity contribution >= 4 is 17.6 Å². The van der Waals surface area contributed by atoms with Gasteiger partial charge in [0.1, 0.15) is 11.0 Å². The first kappa shape index (κ1) is 12.5. The van der Waals surface area contributed by atoms with Crippen molar-refractivity contribution in [3.05, 3.63) is 58.1 Å². The molecule has 5 heteroatoms. The van der Waals surface area contributed by atoms with Gasteiger partial charge in [-0.15, -0.1) is 0 Å². The summed E-state index contributed by atoms with van der Waals surface area (Å²) in [4.78, 5) is 19.0. The lowest BCUT2D eigenvalue weighted by Crippen LogP contribution is -1.99. The fourth-order valence-corrected chi connectivity index (χ4v) is 1.90. The van der Waals surface area contributed by atoms with E-state index in [1.807, 2.05) is 0 Å². The molecule has 1 N–H and O–H groups in total. The SMILES string of the molecule is Cc1nc(Cl)cc(Cc2ccc(C(=O)O)cc2)n1. The van der Waals surface area contributed by atoms with E-state index in [0.29, 0.717) is 17.4 Å². The molecule has 1 aromatic carbocycles. The Morgan fingerprint density at radius 2 is 1.94 bits per heavy atom. The van der Waals surface area contributed by atoms with Crippen LogP contribution >= 0.6 is 11.6 Å².